The maximum Gasteiger partial charge on any atom is 0.320 e. The molecule has 0 aromatic carbocycles. The van der Waals surface area contributed by atoms with E-state index >= 15 is 0 Å². The molecule has 0 saturated heterocycles. The molecule has 0 heterocycles. The first-order valence-corrected chi connectivity index (χ1v) is 3.26. The van der Waals surface area contributed by atoms with Gasteiger partial charge in [0.05, 0.1) is 0 Å². The standard InChI is InChI=1S/C6H12N2O3.H2/c1-8-4(6(10)11)2-3-5(7)9;/h4,8H,2-3H2,1H3,(H2,7,9)(H,10,11);1H. The van der Waals surface area contributed by atoms with Crippen molar-refractivity contribution in [3.8, 4) is 0 Å². The van der Waals surface area contributed by atoms with E-state index < -0.39 is 17.9 Å². The molecule has 0 fully saturated rings. The molecule has 0 spiro atoms. The monoisotopic (exact) mass is 162 g/mol. The summed E-state index contributed by atoms with van der Waals surface area (Å²) in [6.45, 7) is 0. The summed E-state index contributed by atoms with van der Waals surface area (Å²) in [5.74, 6) is -1.44. The normalized spacial score (nSPS) is 12.5. The van der Waals surface area contributed by atoms with Gasteiger partial charge < -0.3 is 16.2 Å². The third kappa shape index (κ3) is 4.32. The number of carbonyl (C=O) groups excluding carboxylic acids is 1. The number of hydrogen-bond acceptors (Lipinski definition) is 3. The van der Waals surface area contributed by atoms with E-state index in [0.717, 1.165) is 0 Å². The van der Waals surface area contributed by atoms with Crippen LogP contribution in [0.4, 0.5) is 0 Å². The van der Waals surface area contributed by atoms with Gasteiger partial charge in [0.2, 0.25) is 5.91 Å². The van der Waals surface area contributed by atoms with E-state index in [1.54, 1.807) is 0 Å². The molecular formula is C6H14N2O3. The van der Waals surface area contributed by atoms with E-state index in [2.05, 4.69) is 5.32 Å². The number of aliphatic carboxylic acids is 1. The van der Waals surface area contributed by atoms with Crippen LogP contribution in [-0.2, 0) is 9.59 Å². The van der Waals surface area contributed by atoms with Crippen LogP contribution in [0.15, 0.2) is 0 Å². The first kappa shape index (κ1) is 9.90. The van der Waals surface area contributed by atoms with E-state index in [9.17, 15) is 9.59 Å². The molecule has 0 aliphatic heterocycles. The number of carbonyl (C=O) groups is 2. The van der Waals surface area contributed by atoms with Crippen LogP contribution in [0.3, 0.4) is 0 Å². The molecule has 0 aliphatic carbocycles. The first-order valence-electron chi connectivity index (χ1n) is 3.26. The molecule has 66 valence electrons. The number of nitrogens with two attached hydrogens (primary N) is 1. The molecule has 0 bridgehead atoms. The second-order valence-corrected chi connectivity index (χ2v) is 2.18. The SMILES string of the molecule is CNC(CCC(N)=O)C(=O)O.[HH]. The molecule has 0 aliphatic rings. The minimum atomic E-state index is -0.964. The highest BCUT2D eigenvalue weighted by Crippen LogP contribution is 1.95. The van der Waals surface area contributed by atoms with Crippen LogP contribution >= 0.6 is 0 Å². The number of hydrogen-bond donors (Lipinski definition) is 3. The molecule has 0 radical (unpaired) electrons. The summed E-state index contributed by atoms with van der Waals surface area (Å²) >= 11 is 0. The van der Waals surface area contributed by atoms with Gasteiger partial charge in [-0.15, -0.1) is 0 Å². The van der Waals surface area contributed by atoms with Gasteiger partial charge in [0.1, 0.15) is 6.04 Å². The number of primary amides is 1. The molecule has 5 heteroatoms. The number of likely N-dealkylation sites (N-methyl/N-ethyl adjacent to an activating group) is 1. The van der Waals surface area contributed by atoms with Gasteiger partial charge in [-0.3, -0.25) is 9.59 Å². The van der Waals surface area contributed by atoms with Crippen molar-refractivity contribution in [2.45, 2.75) is 18.9 Å². The summed E-state index contributed by atoms with van der Waals surface area (Å²) in [6, 6.07) is -0.678. The molecule has 1 atom stereocenters. The number of amides is 1. The van der Waals surface area contributed by atoms with Crippen LogP contribution in [0.25, 0.3) is 0 Å². The van der Waals surface area contributed by atoms with Crippen LogP contribution in [0.5, 0.6) is 0 Å². The van der Waals surface area contributed by atoms with Crippen molar-refractivity contribution in [1.82, 2.24) is 5.32 Å². The molecule has 5 nitrogen and oxygen atoms in total. The predicted molar refractivity (Wildman–Crippen MR) is 41.0 cm³/mol. The number of carboxylic acid groups (broad SMARTS) is 1. The molecule has 11 heavy (non-hydrogen) atoms. The Labute approximate surface area is 66.1 Å². The quantitative estimate of drug-likeness (QED) is 0.492. The molecule has 0 saturated carbocycles. The summed E-state index contributed by atoms with van der Waals surface area (Å²) in [4.78, 5) is 20.6. The average Bonchev–Trinajstić information content (AvgIpc) is 1.87. The Hall–Kier alpha value is -1.10. The van der Waals surface area contributed by atoms with E-state index in [1.807, 2.05) is 0 Å². The lowest BCUT2D eigenvalue weighted by molar-refractivity contribution is -0.139. The highest BCUT2D eigenvalue weighted by Gasteiger charge is 2.14. The van der Waals surface area contributed by atoms with Crippen molar-refractivity contribution in [2.75, 3.05) is 7.05 Å². The Kier molecular flexibility index (Phi) is 4.21. The van der Waals surface area contributed by atoms with Crippen molar-refractivity contribution < 1.29 is 16.1 Å². The van der Waals surface area contributed by atoms with E-state index in [0.29, 0.717) is 0 Å². The fourth-order valence-electron chi connectivity index (χ4n) is 0.678. The van der Waals surface area contributed by atoms with Gasteiger partial charge in [-0.25, -0.2) is 0 Å². The maximum atomic E-state index is 10.3. The third-order valence-electron chi connectivity index (χ3n) is 1.33. The Morgan fingerprint density at radius 2 is 2.27 bits per heavy atom. The Morgan fingerprint density at radius 1 is 1.73 bits per heavy atom. The molecule has 0 aromatic heterocycles. The Balaban J connectivity index is 0. The van der Waals surface area contributed by atoms with Crippen LogP contribution < -0.4 is 11.1 Å². The molecule has 4 N–H and O–H groups in total. The number of rotatable bonds is 5. The highest BCUT2D eigenvalue weighted by molar-refractivity contribution is 5.77. The van der Waals surface area contributed by atoms with Crippen molar-refractivity contribution >= 4 is 11.9 Å². The predicted octanol–water partition coefficient (Wildman–Crippen LogP) is -0.829. The van der Waals surface area contributed by atoms with Crippen LogP contribution in [0.2, 0.25) is 0 Å². The summed E-state index contributed by atoms with van der Waals surface area (Å²) < 4.78 is 0. The van der Waals surface area contributed by atoms with Gasteiger partial charge in [0.25, 0.3) is 0 Å². The molecular weight excluding hydrogens is 148 g/mol. The lowest BCUT2D eigenvalue weighted by Gasteiger charge is -2.08. The zero-order valence-electron chi connectivity index (χ0n) is 6.33. The third-order valence-corrected chi connectivity index (χ3v) is 1.33. The fraction of sp³-hybridized carbons (Fsp3) is 0.667. The lowest BCUT2D eigenvalue weighted by atomic mass is 10.1. The summed E-state index contributed by atoms with van der Waals surface area (Å²) in [6.07, 6.45) is 0.332. The Morgan fingerprint density at radius 3 is 2.55 bits per heavy atom. The zero-order valence-corrected chi connectivity index (χ0v) is 6.33. The maximum absolute atomic E-state index is 10.3. The van der Waals surface area contributed by atoms with Crippen LogP contribution in [0.1, 0.15) is 14.3 Å². The fourth-order valence-corrected chi connectivity index (χ4v) is 0.678. The van der Waals surface area contributed by atoms with Gasteiger partial charge >= 0.3 is 5.97 Å². The molecule has 1 amide bonds. The zero-order chi connectivity index (χ0) is 8.85. The van der Waals surface area contributed by atoms with Crippen LogP contribution in [-0.4, -0.2) is 30.1 Å². The second-order valence-electron chi connectivity index (χ2n) is 2.18. The van der Waals surface area contributed by atoms with Gasteiger partial charge in [0.15, 0.2) is 0 Å². The first-order chi connectivity index (χ1) is 5.07. The average molecular weight is 162 g/mol. The summed E-state index contributed by atoms with van der Waals surface area (Å²) in [7, 11) is 1.53. The van der Waals surface area contributed by atoms with E-state index in [4.69, 9.17) is 10.8 Å². The van der Waals surface area contributed by atoms with Gasteiger partial charge in [-0.05, 0) is 13.5 Å². The second kappa shape index (κ2) is 4.68. The summed E-state index contributed by atoms with van der Waals surface area (Å²) in [5.41, 5.74) is 4.84. The summed E-state index contributed by atoms with van der Waals surface area (Å²) in [5, 5.41) is 11.0. The molecule has 0 rings (SSSR count). The highest BCUT2D eigenvalue weighted by atomic mass is 16.4. The smallest absolute Gasteiger partial charge is 0.320 e. The molecule has 0 aromatic rings. The van der Waals surface area contributed by atoms with E-state index in [1.165, 1.54) is 7.05 Å². The minimum absolute atomic E-state index is 0. The minimum Gasteiger partial charge on any atom is -0.480 e. The van der Waals surface area contributed by atoms with Gasteiger partial charge in [0, 0.05) is 7.85 Å². The van der Waals surface area contributed by atoms with Gasteiger partial charge in [-0.2, -0.15) is 0 Å². The van der Waals surface area contributed by atoms with Gasteiger partial charge in [-0.1, -0.05) is 0 Å². The van der Waals surface area contributed by atoms with Crippen molar-refractivity contribution in [3.63, 3.8) is 0 Å². The van der Waals surface area contributed by atoms with Crippen molar-refractivity contribution in [1.29, 1.82) is 0 Å². The lowest BCUT2D eigenvalue weighted by Crippen LogP contribution is -2.34. The van der Waals surface area contributed by atoms with Crippen molar-refractivity contribution in [2.24, 2.45) is 5.73 Å². The van der Waals surface area contributed by atoms with Crippen LogP contribution in [0, 0.1) is 0 Å². The Bertz CT molecular complexity index is 163. The number of nitrogens with one attached hydrogen (secondary N) is 1. The van der Waals surface area contributed by atoms with Crippen molar-refractivity contribution in [3.05, 3.63) is 0 Å². The topological polar surface area (TPSA) is 92.4 Å². The largest absolute Gasteiger partial charge is 0.480 e. The number of carboxylic acids is 1. The molecule has 1 unspecified atom stereocenters. The van der Waals surface area contributed by atoms with E-state index in [-0.39, 0.29) is 14.3 Å².